The number of aromatic amines is 1. The Morgan fingerprint density at radius 3 is 2.29 bits per heavy atom. The van der Waals surface area contributed by atoms with Crippen LogP contribution in [0, 0.1) is 4.77 Å². The van der Waals surface area contributed by atoms with Crippen LogP contribution < -0.4 is 5.56 Å². The van der Waals surface area contributed by atoms with Crippen molar-refractivity contribution in [1.29, 1.82) is 0 Å². The first-order valence-corrected chi connectivity index (χ1v) is 10.1. The summed E-state index contributed by atoms with van der Waals surface area (Å²) in [6.07, 6.45) is 0.536. The van der Waals surface area contributed by atoms with Gasteiger partial charge < -0.3 is 9.72 Å². The fourth-order valence-electron chi connectivity index (χ4n) is 3.95. The van der Waals surface area contributed by atoms with E-state index in [1.165, 1.54) is 5.56 Å². The van der Waals surface area contributed by atoms with Crippen molar-refractivity contribution in [2.24, 2.45) is 0 Å². The third kappa shape index (κ3) is 4.09. The molecule has 2 heterocycles. The molecule has 28 heavy (non-hydrogen) atoms. The number of rotatable bonds is 4. The standard InChI is InChI=1S/C22H25N3O2S/c1-15-11-24(12-16(2)27-15)13-17-7-9-18(10-8-17)14-25-21(26)19-5-3-4-6-20(19)23-22(25)28/h3-10,15-16H,11-14H2,1-2H3,(H,23,28)/t15-,16-/m0/s1. The van der Waals surface area contributed by atoms with Crippen molar-refractivity contribution in [2.45, 2.75) is 39.1 Å². The second-order valence-corrected chi connectivity index (χ2v) is 8.02. The van der Waals surface area contributed by atoms with E-state index in [0.717, 1.165) is 30.7 Å². The van der Waals surface area contributed by atoms with Crippen molar-refractivity contribution in [3.05, 3.63) is 74.8 Å². The monoisotopic (exact) mass is 395 g/mol. The van der Waals surface area contributed by atoms with Crippen LogP contribution in [0.25, 0.3) is 10.9 Å². The number of aromatic nitrogens is 2. The predicted octanol–water partition coefficient (Wildman–Crippen LogP) is 3.72. The predicted molar refractivity (Wildman–Crippen MR) is 114 cm³/mol. The molecule has 1 aromatic heterocycles. The fourth-order valence-corrected chi connectivity index (χ4v) is 4.20. The van der Waals surface area contributed by atoms with E-state index < -0.39 is 0 Å². The molecule has 6 heteroatoms. The summed E-state index contributed by atoms with van der Waals surface area (Å²) in [7, 11) is 0. The molecule has 1 saturated heterocycles. The molecule has 1 N–H and O–H groups in total. The third-order valence-corrected chi connectivity index (χ3v) is 5.48. The zero-order chi connectivity index (χ0) is 19.7. The molecule has 0 amide bonds. The van der Waals surface area contributed by atoms with Gasteiger partial charge in [-0.05, 0) is 49.3 Å². The summed E-state index contributed by atoms with van der Waals surface area (Å²) in [4.78, 5) is 18.4. The molecule has 2 aromatic carbocycles. The average Bonchev–Trinajstić information content (AvgIpc) is 2.66. The lowest BCUT2D eigenvalue weighted by Crippen LogP contribution is -2.44. The first-order valence-electron chi connectivity index (χ1n) is 9.67. The summed E-state index contributed by atoms with van der Waals surface area (Å²) in [5.74, 6) is 0. The van der Waals surface area contributed by atoms with Crippen LogP contribution in [0.1, 0.15) is 25.0 Å². The van der Waals surface area contributed by atoms with Gasteiger partial charge in [0, 0.05) is 19.6 Å². The van der Waals surface area contributed by atoms with Gasteiger partial charge in [-0.15, -0.1) is 0 Å². The lowest BCUT2D eigenvalue weighted by atomic mass is 10.1. The molecule has 0 bridgehead atoms. The SMILES string of the molecule is C[C@H]1CN(Cc2ccc(Cn3c(=S)[nH]c4ccccc4c3=O)cc2)C[C@H](C)O1. The normalized spacial score (nSPS) is 20.5. The second-order valence-electron chi connectivity index (χ2n) is 7.63. The minimum Gasteiger partial charge on any atom is -0.373 e. The molecule has 2 atom stereocenters. The number of benzene rings is 2. The van der Waals surface area contributed by atoms with Gasteiger partial charge in [0.1, 0.15) is 0 Å². The molecule has 0 saturated carbocycles. The number of ether oxygens (including phenoxy) is 1. The van der Waals surface area contributed by atoms with Crippen LogP contribution in [-0.4, -0.2) is 39.7 Å². The molecule has 5 nitrogen and oxygen atoms in total. The molecule has 1 fully saturated rings. The number of nitrogens with zero attached hydrogens (tertiary/aromatic N) is 2. The van der Waals surface area contributed by atoms with Crippen LogP contribution in [-0.2, 0) is 17.8 Å². The minimum absolute atomic E-state index is 0.0558. The van der Waals surface area contributed by atoms with E-state index in [1.54, 1.807) is 4.57 Å². The molecular weight excluding hydrogens is 370 g/mol. The number of para-hydroxylation sites is 1. The van der Waals surface area contributed by atoms with Gasteiger partial charge in [0.25, 0.3) is 5.56 Å². The van der Waals surface area contributed by atoms with E-state index in [1.807, 2.05) is 24.3 Å². The summed E-state index contributed by atoms with van der Waals surface area (Å²) < 4.78 is 7.88. The van der Waals surface area contributed by atoms with E-state index >= 15 is 0 Å². The maximum atomic E-state index is 12.8. The molecule has 0 aliphatic carbocycles. The van der Waals surface area contributed by atoms with Crippen molar-refractivity contribution < 1.29 is 4.74 Å². The Balaban J connectivity index is 1.52. The van der Waals surface area contributed by atoms with Crippen LogP contribution in [0.2, 0.25) is 0 Å². The van der Waals surface area contributed by atoms with Gasteiger partial charge >= 0.3 is 0 Å². The second kappa shape index (κ2) is 7.99. The zero-order valence-electron chi connectivity index (χ0n) is 16.2. The van der Waals surface area contributed by atoms with Gasteiger partial charge in [0.15, 0.2) is 4.77 Å². The Bertz CT molecular complexity index is 1080. The molecule has 4 rings (SSSR count). The van der Waals surface area contributed by atoms with Crippen molar-refractivity contribution in [1.82, 2.24) is 14.5 Å². The summed E-state index contributed by atoms with van der Waals surface area (Å²) in [6.45, 7) is 7.52. The Hall–Kier alpha value is -2.28. The van der Waals surface area contributed by atoms with Crippen LogP contribution in [0.4, 0.5) is 0 Å². The number of fused-ring (bicyclic) bond motifs is 1. The summed E-state index contributed by atoms with van der Waals surface area (Å²) in [5, 5.41) is 0.656. The van der Waals surface area contributed by atoms with Gasteiger partial charge in [-0.1, -0.05) is 36.4 Å². The number of hydrogen-bond acceptors (Lipinski definition) is 4. The third-order valence-electron chi connectivity index (χ3n) is 5.15. The van der Waals surface area contributed by atoms with Crippen LogP contribution >= 0.6 is 12.2 Å². The number of nitrogens with one attached hydrogen (secondary N) is 1. The molecule has 0 spiro atoms. The average molecular weight is 396 g/mol. The lowest BCUT2D eigenvalue weighted by molar-refractivity contribution is -0.0704. The minimum atomic E-state index is -0.0558. The van der Waals surface area contributed by atoms with E-state index in [2.05, 4.69) is 48.0 Å². The van der Waals surface area contributed by atoms with E-state index in [4.69, 9.17) is 17.0 Å². The number of H-pyrrole nitrogens is 1. The number of morpholine rings is 1. The summed E-state index contributed by atoms with van der Waals surface area (Å²) >= 11 is 5.41. The Morgan fingerprint density at radius 2 is 1.61 bits per heavy atom. The highest BCUT2D eigenvalue weighted by molar-refractivity contribution is 7.71. The fraction of sp³-hybridized carbons (Fsp3) is 0.364. The van der Waals surface area contributed by atoms with Gasteiger partial charge in [-0.25, -0.2) is 0 Å². The first-order chi connectivity index (χ1) is 13.5. The van der Waals surface area contributed by atoms with Crippen molar-refractivity contribution in [2.75, 3.05) is 13.1 Å². The van der Waals surface area contributed by atoms with E-state index in [0.29, 0.717) is 16.7 Å². The maximum Gasteiger partial charge on any atom is 0.262 e. The molecule has 0 radical (unpaired) electrons. The van der Waals surface area contributed by atoms with Crippen LogP contribution in [0.5, 0.6) is 0 Å². The van der Waals surface area contributed by atoms with Crippen LogP contribution in [0.15, 0.2) is 53.3 Å². The Labute approximate surface area is 169 Å². The van der Waals surface area contributed by atoms with Crippen molar-refractivity contribution in [3.8, 4) is 0 Å². The van der Waals surface area contributed by atoms with E-state index in [9.17, 15) is 4.79 Å². The van der Waals surface area contributed by atoms with Crippen molar-refractivity contribution in [3.63, 3.8) is 0 Å². The Kier molecular flexibility index (Phi) is 5.44. The highest BCUT2D eigenvalue weighted by Crippen LogP contribution is 2.15. The Morgan fingerprint density at radius 1 is 1.00 bits per heavy atom. The molecule has 1 aliphatic heterocycles. The molecule has 3 aromatic rings. The molecule has 146 valence electrons. The van der Waals surface area contributed by atoms with Crippen LogP contribution in [0.3, 0.4) is 0 Å². The van der Waals surface area contributed by atoms with E-state index in [-0.39, 0.29) is 17.8 Å². The molecule has 1 aliphatic rings. The topological polar surface area (TPSA) is 50.3 Å². The summed E-state index contributed by atoms with van der Waals surface area (Å²) in [6, 6.07) is 15.9. The quantitative estimate of drug-likeness (QED) is 0.684. The highest BCUT2D eigenvalue weighted by Gasteiger charge is 2.21. The first kappa shape index (κ1) is 19.1. The maximum absolute atomic E-state index is 12.8. The highest BCUT2D eigenvalue weighted by atomic mass is 32.1. The largest absolute Gasteiger partial charge is 0.373 e. The molecule has 0 unspecified atom stereocenters. The van der Waals surface area contributed by atoms with Gasteiger partial charge in [0.2, 0.25) is 0 Å². The van der Waals surface area contributed by atoms with Gasteiger partial charge in [-0.3, -0.25) is 14.3 Å². The summed E-state index contributed by atoms with van der Waals surface area (Å²) in [5.41, 5.74) is 3.04. The molecular formula is C22H25N3O2S. The zero-order valence-corrected chi connectivity index (χ0v) is 17.0. The number of hydrogen-bond donors (Lipinski definition) is 1. The van der Waals surface area contributed by atoms with Gasteiger partial charge in [0.05, 0.1) is 29.7 Å². The lowest BCUT2D eigenvalue weighted by Gasteiger charge is -2.35. The van der Waals surface area contributed by atoms with Crippen molar-refractivity contribution >= 4 is 23.1 Å². The smallest absolute Gasteiger partial charge is 0.262 e. The van der Waals surface area contributed by atoms with Gasteiger partial charge in [-0.2, -0.15) is 0 Å².